The average Bonchev–Trinajstić information content (AvgIpc) is 2.66. The number of carbonyl (C=O) groups excluding carboxylic acids is 1. The van der Waals surface area contributed by atoms with Crippen molar-refractivity contribution in [3.8, 4) is 5.75 Å². The molecule has 0 fully saturated rings. The first-order valence-corrected chi connectivity index (χ1v) is 10.6. The third-order valence-electron chi connectivity index (χ3n) is 5.09. The summed E-state index contributed by atoms with van der Waals surface area (Å²) in [5, 5.41) is 9.46. The van der Waals surface area contributed by atoms with Gasteiger partial charge in [0.25, 0.3) is 11.5 Å². The zero-order valence-electron chi connectivity index (χ0n) is 16.6. The van der Waals surface area contributed by atoms with Crippen LogP contribution in [0.1, 0.15) is 39.7 Å². The van der Waals surface area contributed by atoms with Gasteiger partial charge in [-0.05, 0) is 43.5 Å². The van der Waals surface area contributed by atoms with E-state index >= 15 is 0 Å². The number of H-pyrrole nitrogens is 1. The second-order valence-electron chi connectivity index (χ2n) is 7.54. The molecule has 8 heteroatoms. The van der Waals surface area contributed by atoms with Gasteiger partial charge in [0.05, 0.1) is 23.7 Å². The number of carbonyl (C=O) groups is 1. The number of aliphatic hydroxyl groups is 1. The van der Waals surface area contributed by atoms with E-state index in [1.807, 2.05) is 26.8 Å². The van der Waals surface area contributed by atoms with Crippen molar-refractivity contribution in [2.75, 3.05) is 19.8 Å². The Bertz CT molecular complexity index is 1010. The Kier molecular flexibility index (Phi) is 6.71. The van der Waals surface area contributed by atoms with E-state index in [0.29, 0.717) is 29.8 Å². The van der Waals surface area contributed by atoms with Gasteiger partial charge in [-0.1, -0.05) is 34.5 Å². The summed E-state index contributed by atoms with van der Waals surface area (Å²) in [5.74, 6) is 0.124. The van der Waals surface area contributed by atoms with E-state index in [9.17, 15) is 14.7 Å². The lowest BCUT2D eigenvalue weighted by Crippen LogP contribution is -2.39. The van der Waals surface area contributed by atoms with Crippen molar-refractivity contribution in [1.82, 2.24) is 9.88 Å². The molecule has 1 aliphatic rings. The Hall–Kier alpha value is -1.83. The lowest BCUT2D eigenvalue weighted by molar-refractivity contribution is 0.0725. The highest BCUT2D eigenvalue weighted by molar-refractivity contribution is 9.10. The lowest BCUT2D eigenvalue weighted by atomic mass is 9.97. The van der Waals surface area contributed by atoms with Crippen molar-refractivity contribution < 1.29 is 14.6 Å². The smallest absolute Gasteiger partial charge is 0.256 e. The number of aromatic nitrogens is 1. The molecule has 0 bridgehead atoms. The summed E-state index contributed by atoms with van der Waals surface area (Å²) in [4.78, 5) is 30.1. The number of aryl methyl sites for hydroxylation is 2. The molecule has 0 aliphatic carbocycles. The number of benzene rings is 1. The summed E-state index contributed by atoms with van der Waals surface area (Å²) < 4.78 is 6.51. The molecule has 1 aromatic carbocycles. The van der Waals surface area contributed by atoms with Crippen LogP contribution in [-0.4, -0.2) is 40.7 Å². The minimum absolute atomic E-state index is 0.000878. The molecular formula is C21H24BrClN2O4. The molecule has 6 nitrogen and oxygen atoms in total. The van der Waals surface area contributed by atoms with Gasteiger partial charge in [0, 0.05) is 34.8 Å². The summed E-state index contributed by atoms with van der Waals surface area (Å²) in [6.45, 7) is 6.57. The number of aliphatic hydroxyl groups excluding tert-OH is 1. The molecule has 156 valence electrons. The first-order chi connectivity index (χ1) is 13.7. The Morgan fingerprint density at radius 3 is 2.72 bits per heavy atom. The van der Waals surface area contributed by atoms with Crippen LogP contribution in [0.4, 0.5) is 0 Å². The highest BCUT2D eigenvalue weighted by atomic mass is 79.9. The van der Waals surface area contributed by atoms with E-state index in [1.54, 1.807) is 11.0 Å². The van der Waals surface area contributed by atoms with Crippen molar-refractivity contribution in [2.24, 2.45) is 5.92 Å². The van der Waals surface area contributed by atoms with Crippen LogP contribution in [0.15, 0.2) is 21.4 Å². The fourth-order valence-corrected chi connectivity index (χ4v) is 4.33. The Labute approximate surface area is 183 Å². The normalized spacial score (nSPS) is 14.7. The zero-order chi connectivity index (χ0) is 21.3. The lowest BCUT2D eigenvalue weighted by Gasteiger charge is -2.30. The molecule has 0 saturated carbocycles. The molecule has 0 saturated heterocycles. The van der Waals surface area contributed by atoms with E-state index in [1.165, 1.54) is 0 Å². The number of ether oxygens (including phenoxy) is 1. The Balaban J connectivity index is 1.92. The average molecular weight is 484 g/mol. The first kappa shape index (κ1) is 21.9. The molecule has 0 unspecified atom stereocenters. The van der Waals surface area contributed by atoms with E-state index < -0.39 is 0 Å². The minimum atomic E-state index is -0.225. The Morgan fingerprint density at radius 1 is 1.34 bits per heavy atom. The quantitative estimate of drug-likeness (QED) is 0.657. The fourth-order valence-electron chi connectivity index (χ4n) is 3.42. The van der Waals surface area contributed by atoms with Crippen molar-refractivity contribution in [3.05, 3.63) is 59.9 Å². The zero-order valence-corrected chi connectivity index (χ0v) is 19.0. The number of hydrogen-bond acceptors (Lipinski definition) is 4. The molecular weight excluding hydrogens is 460 g/mol. The molecule has 0 radical (unpaired) electrons. The van der Waals surface area contributed by atoms with Crippen LogP contribution in [-0.2, 0) is 13.0 Å². The first-order valence-electron chi connectivity index (χ1n) is 9.46. The highest BCUT2D eigenvalue weighted by Crippen LogP contribution is 2.39. The maximum atomic E-state index is 13.2. The number of nitrogens with one attached hydrogen (secondary N) is 1. The van der Waals surface area contributed by atoms with Gasteiger partial charge in [-0.25, -0.2) is 0 Å². The third kappa shape index (κ3) is 4.52. The molecule has 3 rings (SSSR count). The summed E-state index contributed by atoms with van der Waals surface area (Å²) >= 11 is 10.1. The number of hydrogen-bond donors (Lipinski definition) is 2. The summed E-state index contributed by atoms with van der Waals surface area (Å²) in [7, 11) is 0. The molecule has 0 spiro atoms. The maximum Gasteiger partial charge on any atom is 0.256 e. The van der Waals surface area contributed by atoms with Gasteiger partial charge >= 0.3 is 0 Å². The predicted octanol–water partition coefficient (Wildman–Crippen LogP) is 3.61. The van der Waals surface area contributed by atoms with Gasteiger partial charge in [-0.15, -0.1) is 0 Å². The van der Waals surface area contributed by atoms with Crippen LogP contribution in [0.5, 0.6) is 5.75 Å². The molecule has 2 N–H and O–H groups in total. The molecule has 1 atom stereocenters. The molecule has 1 aliphatic heterocycles. The largest absolute Gasteiger partial charge is 0.492 e. The van der Waals surface area contributed by atoms with Crippen molar-refractivity contribution in [3.63, 3.8) is 0 Å². The second kappa shape index (κ2) is 8.90. The number of fused-ring (bicyclic) bond motifs is 1. The van der Waals surface area contributed by atoms with Crippen LogP contribution in [0, 0.1) is 19.8 Å². The summed E-state index contributed by atoms with van der Waals surface area (Å²) in [6, 6.07) is 3.67. The van der Waals surface area contributed by atoms with E-state index in [4.69, 9.17) is 16.3 Å². The van der Waals surface area contributed by atoms with Gasteiger partial charge in [-0.2, -0.15) is 0 Å². The van der Waals surface area contributed by atoms with Gasteiger partial charge in [0.15, 0.2) is 0 Å². The predicted molar refractivity (Wildman–Crippen MR) is 116 cm³/mol. The minimum Gasteiger partial charge on any atom is -0.492 e. The van der Waals surface area contributed by atoms with Gasteiger partial charge < -0.3 is 19.7 Å². The topological polar surface area (TPSA) is 82.6 Å². The molecule has 2 aromatic rings. The van der Waals surface area contributed by atoms with Crippen LogP contribution < -0.4 is 10.3 Å². The fraction of sp³-hybridized carbons (Fsp3) is 0.429. The van der Waals surface area contributed by atoms with Crippen LogP contribution in [0.25, 0.3) is 0 Å². The van der Waals surface area contributed by atoms with Crippen LogP contribution in [0.3, 0.4) is 0 Å². The second-order valence-corrected chi connectivity index (χ2v) is 8.77. The maximum absolute atomic E-state index is 13.2. The number of rotatable bonds is 6. The number of halogens is 2. The highest BCUT2D eigenvalue weighted by Gasteiger charge is 2.31. The standard InChI is InChI=1S/C21H24BrClN2O4/c1-11(9-26)10-29-17-7-16(22)14-4-5-25(21(28)18(14)19(17)23)8-15-12(2)6-13(3)24-20(15)27/h6-7,11,26H,4-5,8-10H2,1-3H3,(H,24,27)/t11-/m0/s1. The van der Waals surface area contributed by atoms with Crippen LogP contribution in [0.2, 0.25) is 5.02 Å². The molecule has 2 heterocycles. The SMILES string of the molecule is Cc1cc(C)c(CN2CCc3c(Br)cc(OC[C@@H](C)CO)c(Cl)c3C2=O)c(=O)[nH]1. The molecule has 1 amide bonds. The number of amides is 1. The van der Waals surface area contributed by atoms with Crippen molar-refractivity contribution in [2.45, 2.75) is 33.7 Å². The van der Waals surface area contributed by atoms with Gasteiger partial charge in [-0.3, -0.25) is 9.59 Å². The van der Waals surface area contributed by atoms with Gasteiger partial charge in [0.1, 0.15) is 5.75 Å². The van der Waals surface area contributed by atoms with Gasteiger partial charge in [0.2, 0.25) is 0 Å². The summed E-state index contributed by atoms with van der Waals surface area (Å²) in [5.41, 5.74) is 3.29. The van der Waals surface area contributed by atoms with E-state index in [2.05, 4.69) is 20.9 Å². The van der Waals surface area contributed by atoms with Crippen molar-refractivity contribution >= 4 is 33.4 Å². The molecule has 1 aromatic heterocycles. The summed E-state index contributed by atoms with van der Waals surface area (Å²) in [6.07, 6.45) is 0.623. The Morgan fingerprint density at radius 2 is 2.07 bits per heavy atom. The third-order valence-corrected chi connectivity index (χ3v) is 6.18. The number of pyridine rings is 1. The van der Waals surface area contributed by atoms with Crippen LogP contribution >= 0.6 is 27.5 Å². The molecule has 29 heavy (non-hydrogen) atoms. The van der Waals surface area contributed by atoms with E-state index in [0.717, 1.165) is 21.3 Å². The van der Waals surface area contributed by atoms with E-state index in [-0.39, 0.29) is 42.2 Å². The monoisotopic (exact) mass is 482 g/mol. The van der Waals surface area contributed by atoms with Crippen molar-refractivity contribution in [1.29, 1.82) is 0 Å². The number of nitrogens with zero attached hydrogens (tertiary/aromatic N) is 1. The number of aromatic amines is 1.